The fraction of sp³-hybridized carbons (Fsp3) is 0. The van der Waals surface area contributed by atoms with Gasteiger partial charge in [0.05, 0.1) is 22.7 Å². The molecule has 0 spiro atoms. The lowest BCUT2D eigenvalue weighted by Crippen LogP contribution is -2.00. The third-order valence-electron chi connectivity index (χ3n) is 2.90. The van der Waals surface area contributed by atoms with E-state index in [9.17, 15) is 0 Å². The molecule has 92 valence electrons. The molecule has 0 saturated heterocycles. The van der Waals surface area contributed by atoms with Gasteiger partial charge in [0.2, 0.25) is 5.95 Å². The van der Waals surface area contributed by atoms with Crippen molar-refractivity contribution in [3.63, 3.8) is 0 Å². The van der Waals surface area contributed by atoms with Crippen molar-refractivity contribution in [3.05, 3.63) is 52.5 Å². The van der Waals surface area contributed by atoms with E-state index in [1.807, 2.05) is 34.9 Å². The zero-order chi connectivity index (χ0) is 13.4. The smallest absolute Gasteiger partial charge is 0.205 e. The van der Waals surface area contributed by atoms with Gasteiger partial charge in [-0.05, 0) is 42.5 Å². The van der Waals surface area contributed by atoms with E-state index >= 15 is 0 Å². The fourth-order valence-electron chi connectivity index (χ4n) is 2.03. The van der Waals surface area contributed by atoms with Crippen molar-refractivity contribution in [2.75, 3.05) is 5.73 Å². The summed E-state index contributed by atoms with van der Waals surface area (Å²) in [6.45, 7) is 0. The molecule has 0 radical (unpaired) electrons. The highest BCUT2D eigenvalue weighted by Crippen LogP contribution is 2.25. The van der Waals surface area contributed by atoms with E-state index in [0.29, 0.717) is 11.5 Å². The number of imidazole rings is 1. The summed E-state index contributed by atoms with van der Waals surface area (Å²) in [7, 11) is 0. The van der Waals surface area contributed by atoms with Crippen LogP contribution in [0.15, 0.2) is 46.9 Å². The minimum atomic E-state index is 0.429. The second-order valence-electron chi connectivity index (χ2n) is 4.10. The quantitative estimate of drug-likeness (QED) is 0.750. The first-order valence-electron chi connectivity index (χ1n) is 5.63. The number of anilines is 1. The van der Waals surface area contributed by atoms with E-state index in [1.54, 1.807) is 12.1 Å². The first-order chi connectivity index (χ1) is 9.19. The molecular weight excluding hydrogens is 304 g/mol. The summed E-state index contributed by atoms with van der Waals surface area (Å²) < 4.78 is 2.83. The number of hydrogen-bond donors (Lipinski definition) is 1. The molecule has 0 saturated carbocycles. The Hall–Kier alpha value is -2.32. The van der Waals surface area contributed by atoms with Crippen LogP contribution in [0.3, 0.4) is 0 Å². The van der Waals surface area contributed by atoms with Crippen molar-refractivity contribution in [2.45, 2.75) is 0 Å². The number of nitrogens with zero attached hydrogens (tertiary/aromatic N) is 3. The maximum atomic E-state index is 8.82. The summed E-state index contributed by atoms with van der Waals surface area (Å²) in [4.78, 5) is 4.34. The molecule has 19 heavy (non-hydrogen) atoms. The predicted octanol–water partition coefficient (Wildman–Crippen LogP) is 3.24. The normalized spacial score (nSPS) is 10.5. The molecule has 5 heteroatoms. The second kappa shape index (κ2) is 4.41. The van der Waals surface area contributed by atoms with Crippen LogP contribution in [0.4, 0.5) is 5.95 Å². The van der Waals surface area contributed by atoms with E-state index in [1.165, 1.54) is 0 Å². The van der Waals surface area contributed by atoms with Crippen molar-refractivity contribution >= 4 is 32.9 Å². The maximum absolute atomic E-state index is 8.82. The van der Waals surface area contributed by atoms with Gasteiger partial charge in [-0.1, -0.05) is 15.9 Å². The van der Waals surface area contributed by atoms with Crippen molar-refractivity contribution in [3.8, 4) is 11.8 Å². The monoisotopic (exact) mass is 312 g/mol. The van der Waals surface area contributed by atoms with Crippen LogP contribution >= 0.6 is 15.9 Å². The van der Waals surface area contributed by atoms with Crippen LogP contribution < -0.4 is 5.73 Å². The van der Waals surface area contributed by atoms with Crippen LogP contribution in [0.1, 0.15) is 5.56 Å². The number of rotatable bonds is 1. The average molecular weight is 313 g/mol. The number of nitrogens with two attached hydrogens (primary N) is 1. The van der Waals surface area contributed by atoms with Crippen molar-refractivity contribution < 1.29 is 0 Å². The molecule has 3 rings (SSSR count). The van der Waals surface area contributed by atoms with Crippen LogP contribution in [0.25, 0.3) is 16.7 Å². The summed E-state index contributed by atoms with van der Waals surface area (Å²) in [5.41, 5.74) is 9.25. The highest BCUT2D eigenvalue weighted by molar-refractivity contribution is 9.10. The fourth-order valence-corrected chi connectivity index (χ4v) is 2.38. The zero-order valence-electron chi connectivity index (χ0n) is 9.84. The van der Waals surface area contributed by atoms with Gasteiger partial charge in [-0.3, -0.25) is 4.57 Å². The molecule has 2 aromatic carbocycles. The van der Waals surface area contributed by atoms with Gasteiger partial charge >= 0.3 is 0 Å². The Morgan fingerprint density at radius 2 is 1.89 bits per heavy atom. The van der Waals surface area contributed by atoms with E-state index in [4.69, 9.17) is 11.0 Å². The van der Waals surface area contributed by atoms with Gasteiger partial charge in [0.1, 0.15) is 0 Å². The Kier molecular flexibility index (Phi) is 2.73. The molecule has 1 aromatic heterocycles. The van der Waals surface area contributed by atoms with Crippen LogP contribution in [0, 0.1) is 11.3 Å². The Bertz CT molecular complexity index is 797. The number of nitrogen functional groups attached to an aromatic ring is 1. The summed E-state index contributed by atoms with van der Waals surface area (Å²) in [6, 6.07) is 15.2. The molecule has 4 nitrogen and oxygen atoms in total. The number of fused-ring (bicyclic) bond motifs is 1. The summed E-state index contributed by atoms with van der Waals surface area (Å²) in [5, 5.41) is 8.82. The van der Waals surface area contributed by atoms with E-state index < -0.39 is 0 Å². The van der Waals surface area contributed by atoms with Crippen molar-refractivity contribution in [1.82, 2.24) is 9.55 Å². The predicted molar refractivity (Wildman–Crippen MR) is 77.9 cm³/mol. The highest BCUT2D eigenvalue weighted by Gasteiger charge is 2.10. The van der Waals surface area contributed by atoms with E-state index in [-0.39, 0.29) is 0 Å². The molecule has 0 aliphatic rings. The molecule has 1 heterocycles. The number of halogens is 1. The molecule has 0 atom stereocenters. The van der Waals surface area contributed by atoms with E-state index in [2.05, 4.69) is 27.0 Å². The number of nitriles is 1. The molecule has 0 aliphatic heterocycles. The summed E-state index contributed by atoms with van der Waals surface area (Å²) in [5.74, 6) is 0.429. The first-order valence-corrected chi connectivity index (χ1v) is 6.42. The number of benzene rings is 2. The third kappa shape index (κ3) is 1.96. The van der Waals surface area contributed by atoms with Gasteiger partial charge in [0, 0.05) is 10.2 Å². The van der Waals surface area contributed by atoms with E-state index in [0.717, 1.165) is 21.2 Å². The molecule has 2 N–H and O–H groups in total. The summed E-state index contributed by atoms with van der Waals surface area (Å²) >= 11 is 3.42. The minimum Gasteiger partial charge on any atom is -0.369 e. The highest BCUT2D eigenvalue weighted by atomic mass is 79.9. The zero-order valence-corrected chi connectivity index (χ0v) is 11.4. The van der Waals surface area contributed by atoms with Crippen LogP contribution in [-0.4, -0.2) is 9.55 Å². The molecular formula is C14H9BrN4. The lowest BCUT2D eigenvalue weighted by molar-refractivity contribution is 1.11. The largest absolute Gasteiger partial charge is 0.369 e. The Labute approximate surface area is 118 Å². The average Bonchev–Trinajstić information content (AvgIpc) is 2.74. The Morgan fingerprint density at radius 1 is 1.16 bits per heavy atom. The van der Waals surface area contributed by atoms with Gasteiger partial charge in [0.25, 0.3) is 0 Å². The number of aromatic nitrogens is 2. The first kappa shape index (κ1) is 11.8. The van der Waals surface area contributed by atoms with Crippen LogP contribution in [0.5, 0.6) is 0 Å². The molecule has 0 unspecified atom stereocenters. The topological polar surface area (TPSA) is 67.6 Å². The molecule has 0 fully saturated rings. The van der Waals surface area contributed by atoms with Gasteiger partial charge in [-0.15, -0.1) is 0 Å². The Morgan fingerprint density at radius 3 is 2.58 bits per heavy atom. The van der Waals surface area contributed by atoms with Gasteiger partial charge < -0.3 is 5.73 Å². The number of hydrogen-bond acceptors (Lipinski definition) is 3. The van der Waals surface area contributed by atoms with Gasteiger partial charge in [-0.25, -0.2) is 4.98 Å². The maximum Gasteiger partial charge on any atom is 0.205 e. The molecule has 0 bridgehead atoms. The molecule has 3 aromatic rings. The second-order valence-corrected chi connectivity index (χ2v) is 5.01. The van der Waals surface area contributed by atoms with Crippen LogP contribution in [-0.2, 0) is 0 Å². The molecule has 0 aliphatic carbocycles. The van der Waals surface area contributed by atoms with Gasteiger partial charge in [-0.2, -0.15) is 5.26 Å². The lowest BCUT2D eigenvalue weighted by Gasteiger charge is -2.06. The standard InChI is InChI=1S/C14H9BrN4/c15-10-3-6-13-12(7-10)18-14(17)19(13)11-4-1-9(8-16)2-5-11/h1-7H,(H2,17,18). The lowest BCUT2D eigenvalue weighted by atomic mass is 10.2. The minimum absolute atomic E-state index is 0.429. The summed E-state index contributed by atoms with van der Waals surface area (Å²) in [6.07, 6.45) is 0. The van der Waals surface area contributed by atoms with Gasteiger partial charge in [0.15, 0.2) is 0 Å². The Balaban J connectivity index is 2.24. The SMILES string of the molecule is N#Cc1ccc(-n2c(N)nc3cc(Br)ccc32)cc1. The van der Waals surface area contributed by atoms with Crippen molar-refractivity contribution in [2.24, 2.45) is 0 Å². The molecule has 0 amide bonds. The van der Waals surface area contributed by atoms with Crippen LogP contribution in [0.2, 0.25) is 0 Å². The van der Waals surface area contributed by atoms with Crippen molar-refractivity contribution in [1.29, 1.82) is 5.26 Å². The third-order valence-corrected chi connectivity index (χ3v) is 3.39.